The summed E-state index contributed by atoms with van der Waals surface area (Å²) in [7, 11) is 0. The van der Waals surface area contributed by atoms with Crippen LogP contribution in [0.5, 0.6) is 0 Å². The number of rotatable bonds is 7. The molecule has 1 aromatic heterocycles. The van der Waals surface area contributed by atoms with E-state index in [1.165, 1.54) is 0 Å². The second-order valence-electron chi connectivity index (χ2n) is 7.71. The normalized spacial score (nSPS) is 17.8. The molecule has 3 N–H and O–H groups in total. The molecule has 28 heavy (non-hydrogen) atoms. The number of aliphatic carboxylic acids is 1. The summed E-state index contributed by atoms with van der Waals surface area (Å²) in [6.45, 7) is 4.09. The van der Waals surface area contributed by atoms with Crippen molar-refractivity contribution in [2.24, 2.45) is 5.92 Å². The summed E-state index contributed by atoms with van der Waals surface area (Å²) in [5, 5.41) is 13.0. The zero-order valence-corrected chi connectivity index (χ0v) is 16.3. The molecule has 2 amide bonds. The first-order valence-electron chi connectivity index (χ1n) is 9.74. The second-order valence-corrected chi connectivity index (χ2v) is 7.71. The van der Waals surface area contributed by atoms with Crippen molar-refractivity contribution in [1.29, 1.82) is 0 Å². The zero-order valence-electron chi connectivity index (χ0n) is 16.3. The number of nitrogens with zero attached hydrogens (tertiary/aromatic N) is 1. The van der Waals surface area contributed by atoms with Crippen LogP contribution < -0.4 is 5.32 Å². The Bertz CT molecular complexity index is 873. The molecule has 7 nitrogen and oxygen atoms in total. The van der Waals surface area contributed by atoms with Crippen LogP contribution in [0.1, 0.15) is 38.7 Å². The van der Waals surface area contributed by atoms with Crippen molar-refractivity contribution in [3.8, 4) is 0 Å². The van der Waals surface area contributed by atoms with Crippen LogP contribution in [0.4, 0.5) is 0 Å². The molecule has 3 rings (SSSR count). The Hall–Kier alpha value is -2.83. The summed E-state index contributed by atoms with van der Waals surface area (Å²) >= 11 is 0. The molecule has 2 unspecified atom stereocenters. The van der Waals surface area contributed by atoms with Gasteiger partial charge in [-0.25, -0.2) is 0 Å². The Morgan fingerprint density at radius 3 is 2.75 bits per heavy atom. The number of benzene rings is 1. The number of aromatic nitrogens is 1. The molecule has 2 atom stereocenters. The summed E-state index contributed by atoms with van der Waals surface area (Å²) in [5.41, 5.74) is 1.93. The summed E-state index contributed by atoms with van der Waals surface area (Å²) in [6, 6.07) is 6.79. The molecule has 1 aliphatic rings. The molecular formula is C21H27N3O4. The number of likely N-dealkylation sites (tertiary alicyclic amines) is 1. The monoisotopic (exact) mass is 385 g/mol. The van der Waals surface area contributed by atoms with Gasteiger partial charge in [0.2, 0.25) is 11.8 Å². The maximum Gasteiger partial charge on any atom is 0.305 e. The third-order valence-corrected chi connectivity index (χ3v) is 5.31. The highest BCUT2D eigenvalue weighted by Gasteiger charge is 2.35. The van der Waals surface area contributed by atoms with Crippen molar-refractivity contribution in [2.45, 2.75) is 51.6 Å². The molecule has 2 heterocycles. The van der Waals surface area contributed by atoms with Crippen LogP contribution in [-0.4, -0.2) is 51.4 Å². The highest BCUT2D eigenvalue weighted by atomic mass is 16.4. The first-order chi connectivity index (χ1) is 13.4. The smallest absolute Gasteiger partial charge is 0.305 e. The van der Waals surface area contributed by atoms with Gasteiger partial charge in [-0.3, -0.25) is 14.4 Å². The third-order valence-electron chi connectivity index (χ3n) is 5.31. The van der Waals surface area contributed by atoms with E-state index in [4.69, 9.17) is 5.11 Å². The van der Waals surface area contributed by atoms with Crippen LogP contribution >= 0.6 is 0 Å². The molecule has 0 aliphatic carbocycles. The first kappa shape index (κ1) is 19.9. The van der Waals surface area contributed by atoms with Gasteiger partial charge < -0.3 is 20.3 Å². The van der Waals surface area contributed by atoms with Crippen molar-refractivity contribution in [3.05, 3.63) is 36.0 Å². The number of aromatic amines is 1. The fraction of sp³-hybridized carbons (Fsp3) is 0.476. The standard InChI is InChI=1S/C21H27N3O4/c1-13(2)20(27)23-18(10-14-12-22-17-8-4-3-7-16(14)17)21(28)24-9-5-6-15(24)11-19(25)26/h3-4,7-8,12-13,15,18,22H,5-6,9-11H2,1-2H3,(H,23,27)(H,25,26). The molecule has 150 valence electrons. The molecule has 0 spiro atoms. The number of carboxylic acid groups (broad SMARTS) is 1. The lowest BCUT2D eigenvalue weighted by molar-refractivity contribution is -0.142. The van der Waals surface area contributed by atoms with E-state index in [1.54, 1.807) is 18.7 Å². The van der Waals surface area contributed by atoms with E-state index in [9.17, 15) is 14.4 Å². The van der Waals surface area contributed by atoms with E-state index in [0.29, 0.717) is 19.4 Å². The molecule has 0 radical (unpaired) electrons. The number of amides is 2. The lowest BCUT2D eigenvalue weighted by atomic mass is 10.0. The Labute approximate surface area is 164 Å². The minimum Gasteiger partial charge on any atom is -0.481 e. The molecule has 0 bridgehead atoms. The molecule has 1 aromatic carbocycles. The topological polar surface area (TPSA) is 103 Å². The molecule has 0 saturated carbocycles. The quantitative estimate of drug-likeness (QED) is 0.680. The molecule has 1 saturated heterocycles. The minimum atomic E-state index is -0.913. The Morgan fingerprint density at radius 2 is 2.04 bits per heavy atom. The van der Waals surface area contributed by atoms with Crippen molar-refractivity contribution in [3.63, 3.8) is 0 Å². The summed E-state index contributed by atoms with van der Waals surface area (Å²) in [4.78, 5) is 41.6. The van der Waals surface area contributed by atoms with Crippen LogP contribution in [0.25, 0.3) is 10.9 Å². The number of H-pyrrole nitrogens is 1. The number of carbonyl (C=O) groups is 3. The Kier molecular flexibility index (Phi) is 6.02. The largest absolute Gasteiger partial charge is 0.481 e. The van der Waals surface area contributed by atoms with Gasteiger partial charge in [0.25, 0.3) is 0 Å². The van der Waals surface area contributed by atoms with Crippen molar-refractivity contribution >= 4 is 28.7 Å². The highest BCUT2D eigenvalue weighted by molar-refractivity contribution is 5.90. The van der Waals surface area contributed by atoms with E-state index in [-0.39, 0.29) is 30.2 Å². The number of nitrogens with one attached hydrogen (secondary N) is 2. The zero-order chi connectivity index (χ0) is 20.3. The van der Waals surface area contributed by atoms with Crippen LogP contribution in [-0.2, 0) is 20.8 Å². The molecule has 1 aliphatic heterocycles. The van der Waals surface area contributed by atoms with Gasteiger partial charge >= 0.3 is 5.97 Å². The number of para-hydroxylation sites is 1. The van der Waals surface area contributed by atoms with Gasteiger partial charge in [0.1, 0.15) is 6.04 Å². The van der Waals surface area contributed by atoms with Gasteiger partial charge in [0.15, 0.2) is 0 Å². The predicted octanol–water partition coefficient (Wildman–Crippen LogP) is 2.32. The summed E-state index contributed by atoms with van der Waals surface area (Å²) in [6.07, 6.45) is 3.62. The van der Waals surface area contributed by atoms with Gasteiger partial charge in [-0.1, -0.05) is 32.0 Å². The number of hydrogen-bond donors (Lipinski definition) is 3. The van der Waals surface area contributed by atoms with Crippen LogP contribution in [0.15, 0.2) is 30.5 Å². The van der Waals surface area contributed by atoms with Crippen molar-refractivity contribution < 1.29 is 19.5 Å². The second kappa shape index (κ2) is 8.46. The highest BCUT2D eigenvalue weighted by Crippen LogP contribution is 2.24. The SMILES string of the molecule is CC(C)C(=O)NC(Cc1c[nH]c2ccccc12)C(=O)N1CCCC1CC(=O)O. The average Bonchev–Trinajstić information content (AvgIpc) is 3.27. The van der Waals surface area contributed by atoms with Crippen LogP contribution in [0.2, 0.25) is 0 Å². The van der Waals surface area contributed by atoms with Gasteiger partial charge in [-0.2, -0.15) is 0 Å². The van der Waals surface area contributed by atoms with Crippen LogP contribution in [0.3, 0.4) is 0 Å². The van der Waals surface area contributed by atoms with Gasteiger partial charge in [0, 0.05) is 42.0 Å². The average molecular weight is 385 g/mol. The van der Waals surface area contributed by atoms with E-state index in [1.807, 2.05) is 30.5 Å². The molecule has 7 heteroatoms. The Balaban J connectivity index is 1.84. The van der Waals surface area contributed by atoms with Gasteiger partial charge in [-0.05, 0) is 24.5 Å². The van der Waals surface area contributed by atoms with E-state index >= 15 is 0 Å². The molecule has 2 aromatic rings. The minimum absolute atomic E-state index is 0.0658. The van der Waals surface area contributed by atoms with Crippen molar-refractivity contribution in [1.82, 2.24) is 15.2 Å². The van der Waals surface area contributed by atoms with Crippen LogP contribution in [0, 0.1) is 5.92 Å². The number of carboxylic acids is 1. The maximum atomic E-state index is 13.3. The van der Waals surface area contributed by atoms with E-state index in [2.05, 4.69) is 10.3 Å². The number of fused-ring (bicyclic) bond motifs is 1. The van der Waals surface area contributed by atoms with Gasteiger partial charge in [-0.15, -0.1) is 0 Å². The number of carbonyl (C=O) groups excluding carboxylic acids is 2. The lowest BCUT2D eigenvalue weighted by Gasteiger charge is -2.29. The maximum absolute atomic E-state index is 13.3. The predicted molar refractivity (Wildman–Crippen MR) is 106 cm³/mol. The third kappa shape index (κ3) is 4.35. The number of hydrogen-bond acceptors (Lipinski definition) is 3. The lowest BCUT2D eigenvalue weighted by Crippen LogP contribution is -2.52. The molecule has 1 fully saturated rings. The summed E-state index contributed by atoms with van der Waals surface area (Å²) in [5.74, 6) is -1.55. The fourth-order valence-corrected chi connectivity index (χ4v) is 3.80. The van der Waals surface area contributed by atoms with Gasteiger partial charge in [0.05, 0.1) is 6.42 Å². The molecular weight excluding hydrogens is 358 g/mol. The summed E-state index contributed by atoms with van der Waals surface area (Å²) < 4.78 is 0. The first-order valence-corrected chi connectivity index (χ1v) is 9.74. The Morgan fingerprint density at radius 1 is 1.29 bits per heavy atom. The van der Waals surface area contributed by atoms with Crippen molar-refractivity contribution in [2.75, 3.05) is 6.54 Å². The fourth-order valence-electron chi connectivity index (χ4n) is 3.80. The van der Waals surface area contributed by atoms with E-state index in [0.717, 1.165) is 22.9 Å². The van der Waals surface area contributed by atoms with E-state index < -0.39 is 12.0 Å².